The first-order valence-electron chi connectivity index (χ1n) is 8.39. The van der Waals surface area contributed by atoms with E-state index in [1.54, 1.807) is 0 Å². The largest absolute Gasteiger partial charge is 0.459 e. The van der Waals surface area contributed by atoms with E-state index in [0.717, 1.165) is 16.8 Å². The van der Waals surface area contributed by atoms with Crippen molar-refractivity contribution in [1.29, 1.82) is 0 Å². The molecule has 2 heterocycles. The zero-order valence-corrected chi connectivity index (χ0v) is 15.0. The van der Waals surface area contributed by atoms with E-state index >= 15 is 0 Å². The number of hydrogen-bond acceptors (Lipinski definition) is 3. The molecule has 126 valence electrons. The molecule has 0 fully saturated rings. The molecular weight excluding hydrogens is 330 g/mol. The van der Waals surface area contributed by atoms with Gasteiger partial charge in [-0.05, 0) is 31.5 Å². The van der Waals surface area contributed by atoms with Gasteiger partial charge in [0.1, 0.15) is 9.71 Å². The van der Waals surface area contributed by atoms with Gasteiger partial charge in [-0.3, -0.25) is 0 Å². The number of thiophene rings is 1. The van der Waals surface area contributed by atoms with Crippen LogP contribution >= 0.6 is 11.3 Å². The van der Waals surface area contributed by atoms with Crippen LogP contribution in [-0.2, 0) is 11.3 Å². The number of hydrogen-bond donors (Lipinski definition) is 0. The van der Waals surface area contributed by atoms with Crippen LogP contribution in [-0.4, -0.2) is 16.6 Å². The zero-order chi connectivity index (χ0) is 17.4. The molecule has 0 bridgehead atoms. The second kappa shape index (κ2) is 6.37. The highest BCUT2D eigenvalue weighted by molar-refractivity contribution is 7.20. The molecule has 4 aromatic rings. The van der Waals surface area contributed by atoms with E-state index in [0.29, 0.717) is 4.88 Å². The lowest BCUT2D eigenvalue weighted by Gasteiger charge is -2.07. The summed E-state index contributed by atoms with van der Waals surface area (Å²) in [6.45, 7) is 4.52. The Kier molecular flexibility index (Phi) is 4.06. The Morgan fingerprint density at radius 1 is 1.04 bits per heavy atom. The second-order valence-corrected chi connectivity index (χ2v) is 7.40. The highest BCUT2D eigenvalue weighted by Crippen LogP contribution is 2.36. The lowest BCUT2D eigenvalue weighted by Crippen LogP contribution is -2.10. The quantitative estimate of drug-likeness (QED) is 0.458. The van der Waals surface area contributed by atoms with Crippen LogP contribution < -0.4 is 0 Å². The summed E-state index contributed by atoms with van der Waals surface area (Å²) in [4.78, 5) is 14.1. The average Bonchev–Trinajstić information content (AvgIpc) is 3.15. The van der Waals surface area contributed by atoms with Gasteiger partial charge in [-0.2, -0.15) is 0 Å². The molecule has 25 heavy (non-hydrogen) atoms. The van der Waals surface area contributed by atoms with Gasteiger partial charge in [0.15, 0.2) is 0 Å². The van der Waals surface area contributed by atoms with Crippen LogP contribution in [0.4, 0.5) is 0 Å². The third-order valence-electron chi connectivity index (χ3n) is 4.17. The Morgan fingerprint density at radius 3 is 2.52 bits per heavy atom. The number of carbonyl (C=O) groups is 1. The van der Waals surface area contributed by atoms with Crippen molar-refractivity contribution in [1.82, 2.24) is 4.57 Å². The highest BCUT2D eigenvalue weighted by Gasteiger charge is 2.19. The van der Waals surface area contributed by atoms with E-state index < -0.39 is 0 Å². The van der Waals surface area contributed by atoms with Crippen LogP contribution in [0.2, 0.25) is 0 Å². The van der Waals surface area contributed by atoms with Gasteiger partial charge in [0.25, 0.3) is 0 Å². The van der Waals surface area contributed by atoms with Crippen LogP contribution in [0.25, 0.3) is 21.1 Å². The molecule has 4 rings (SSSR count). The van der Waals surface area contributed by atoms with E-state index in [-0.39, 0.29) is 12.1 Å². The molecule has 0 N–H and O–H groups in total. The summed E-state index contributed by atoms with van der Waals surface area (Å²) >= 11 is 1.51. The first kappa shape index (κ1) is 15.9. The van der Waals surface area contributed by atoms with Crippen molar-refractivity contribution in [3.8, 4) is 0 Å². The molecule has 0 atom stereocenters. The summed E-state index contributed by atoms with van der Waals surface area (Å²) in [6.07, 6.45) is -0.114. The molecule has 0 aliphatic carbocycles. The molecule has 2 aromatic heterocycles. The Balaban J connectivity index is 1.86. The number of para-hydroxylation sites is 1. The van der Waals surface area contributed by atoms with Crippen molar-refractivity contribution >= 4 is 38.4 Å². The molecule has 0 saturated carbocycles. The lowest BCUT2D eigenvalue weighted by atomic mass is 10.2. The van der Waals surface area contributed by atoms with E-state index in [9.17, 15) is 4.79 Å². The summed E-state index contributed by atoms with van der Waals surface area (Å²) < 4.78 is 7.66. The lowest BCUT2D eigenvalue weighted by molar-refractivity contribution is 0.0384. The van der Waals surface area contributed by atoms with Crippen LogP contribution in [0.1, 0.15) is 29.1 Å². The predicted molar refractivity (Wildman–Crippen MR) is 103 cm³/mol. The second-order valence-electron chi connectivity index (χ2n) is 6.37. The molecular formula is C21H19NO2S. The normalized spacial score (nSPS) is 11.5. The fourth-order valence-electron chi connectivity index (χ4n) is 3.12. The van der Waals surface area contributed by atoms with Crippen molar-refractivity contribution < 1.29 is 9.53 Å². The average molecular weight is 349 g/mol. The Bertz CT molecular complexity index is 1040. The summed E-state index contributed by atoms with van der Waals surface area (Å²) in [5, 5.41) is 2.29. The summed E-state index contributed by atoms with van der Waals surface area (Å²) in [5.74, 6) is -0.244. The maximum absolute atomic E-state index is 12.3. The van der Waals surface area contributed by atoms with Gasteiger partial charge in [-0.15, -0.1) is 11.3 Å². The smallest absolute Gasteiger partial charge is 0.348 e. The van der Waals surface area contributed by atoms with Crippen molar-refractivity contribution in [2.75, 3.05) is 0 Å². The van der Waals surface area contributed by atoms with Crippen LogP contribution in [0, 0.1) is 0 Å². The van der Waals surface area contributed by atoms with Crippen molar-refractivity contribution in [2.24, 2.45) is 0 Å². The molecule has 2 aromatic carbocycles. The highest BCUT2D eigenvalue weighted by atomic mass is 32.1. The number of nitrogens with zero attached hydrogens (tertiary/aromatic N) is 1. The third kappa shape index (κ3) is 2.94. The predicted octanol–water partition coefficient (Wildman–Crippen LogP) is 5.47. The standard InChI is InChI=1S/C21H19NO2S/c1-14(2)24-21(23)19-12-17-16-10-6-7-11-18(16)22(20(17)25-19)13-15-8-4-3-5-9-15/h3-12,14H,13H2,1-2H3. The van der Waals surface area contributed by atoms with Gasteiger partial charge in [0.2, 0.25) is 0 Å². The fourth-order valence-corrected chi connectivity index (χ4v) is 4.19. The number of esters is 1. The molecule has 0 unspecified atom stereocenters. The number of rotatable bonds is 4. The van der Waals surface area contributed by atoms with Gasteiger partial charge in [0, 0.05) is 17.3 Å². The minimum atomic E-state index is -0.244. The van der Waals surface area contributed by atoms with Gasteiger partial charge in [-0.25, -0.2) is 4.79 Å². The van der Waals surface area contributed by atoms with Gasteiger partial charge in [-0.1, -0.05) is 48.5 Å². The van der Waals surface area contributed by atoms with Crippen molar-refractivity contribution in [3.05, 3.63) is 71.1 Å². The topological polar surface area (TPSA) is 31.2 Å². The van der Waals surface area contributed by atoms with Crippen molar-refractivity contribution in [2.45, 2.75) is 26.5 Å². The molecule has 0 amide bonds. The Morgan fingerprint density at radius 2 is 1.76 bits per heavy atom. The molecule has 0 spiro atoms. The SMILES string of the molecule is CC(C)OC(=O)c1cc2c3ccccc3n(Cc3ccccc3)c2s1. The van der Waals surface area contributed by atoms with Gasteiger partial charge >= 0.3 is 5.97 Å². The summed E-state index contributed by atoms with van der Waals surface area (Å²) in [7, 11) is 0. The summed E-state index contributed by atoms with van der Waals surface area (Å²) in [6, 6.07) is 20.7. The molecule has 0 saturated heterocycles. The van der Waals surface area contributed by atoms with E-state index in [1.165, 1.54) is 27.8 Å². The number of ether oxygens (including phenoxy) is 1. The Labute approximate surface area is 150 Å². The number of benzene rings is 2. The van der Waals surface area contributed by atoms with Crippen LogP contribution in [0.3, 0.4) is 0 Å². The van der Waals surface area contributed by atoms with Crippen LogP contribution in [0.15, 0.2) is 60.7 Å². The van der Waals surface area contributed by atoms with E-state index in [1.807, 2.05) is 32.0 Å². The Hall–Kier alpha value is -2.59. The van der Waals surface area contributed by atoms with Gasteiger partial charge < -0.3 is 9.30 Å². The third-order valence-corrected chi connectivity index (χ3v) is 5.31. The maximum atomic E-state index is 12.3. The zero-order valence-electron chi connectivity index (χ0n) is 14.2. The first-order valence-corrected chi connectivity index (χ1v) is 9.21. The maximum Gasteiger partial charge on any atom is 0.348 e. The number of fused-ring (bicyclic) bond motifs is 3. The molecule has 0 radical (unpaired) electrons. The number of aromatic nitrogens is 1. The minimum Gasteiger partial charge on any atom is -0.459 e. The minimum absolute atomic E-state index is 0.114. The van der Waals surface area contributed by atoms with Gasteiger partial charge in [0.05, 0.1) is 11.6 Å². The summed E-state index contributed by atoms with van der Waals surface area (Å²) in [5.41, 5.74) is 2.43. The monoisotopic (exact) mass is 349 g/mol. The van der Waals surface area contributed by atoms with E-state index in [4.69, 9.17) is 4.74 Å². The van der Waals surface area contributed by atoms with E-state index in [2.05, 4.69) is 47.0 Å². The molecule has 0 aliphatic heterocycles. The fraction of sp³-hybridized carbons (Fsp3) is 0.190. The molecule has 4 heteroatoms. The first-order chi connectivity index (χ1) is 12.1. The number of carbonyl (C=O) groups excluding carboxylic acids is 1. The molecule has 0 aliphatic rings. The molecule has 3 nitrogen and oxygen atoms in total. The van der Waals surface area contributed by atoms with Crippen LogP contribution in [0.5, 0.6) is 0 Å². The van der Waals surface area contributed by atoms with Crippen molar-refractivity contribution in [3.63, 3.8) is 0 Å².